The van der Waals surface area contributed by atoms with Crippen LogP contribution < -0.4 is 24.2 Å². The molecule has 0 spiro atoms. The average Bonchev–Trinajstić information content (AvgIpc) is 3.23. The molecule has 0 unspecified atom stereocenters. The second-order valence-electron chi connectivity index (χ2n) is 5.74. The quantitative estimate of drug-likeness (QED) is 0.576. The molecule has 0 aliphatic rings. The number of benzene rings is 2. The van der Waals surface area contributed by atoms with Gasteiger partial charge in [0, 0.05) is 12.1 Å². The lowest BCUT2D eigenvalue weighted by molar-refractivity contribution is 0.394. The summed E-state index contributed by atoms with van der Waals surface area (Å²) in [5.74, 6) is 1.35. The molecular weight excluding hydrogens is 380 g/mol. The van der Waals surface area contributed by atoms with Crippen LogP contribution in [0.15, 0.2) is 47.3 Å². The first-order chi connectivity index (χ1) is 13.1. The minimum absolute atomic E-state index is 0.130. The van der Waals surface area contributed by atoms with Gasteiger partial charge in [-0.05, 0) is 35.9 Å². The van der Waals surface area contributed by atoms with Crippen molar-refractivity contribution in [1.82, 2.24) is 9.97 Å². The Hall–Kier alpha value is -2.90. The Bertz CT molecular complexity index is 1230. The van der Waals surface area contributed by atoms with Crippen molar-refractivity contribution in [2.45, 2.75) is 0 Å². The fourth-order valence-electron chi connectivity index (χ4n) is 2.65. The van der Waals surface area contributed by atoms with Gasteiger partial charge in [-0.2, -0.15) is 0 Å². The maximum absolute atomic E-state index is 12.3. The molecule has 4 rings (SSSR count). The van der Waals surface area contributed by atoms with Crippen molar-refractivity contribution in [3.63, 3.8) is 0 Å². The summed E-state index contributed by atoms with van der Waals surface area (Å²) in [6.45, 7) is 0. The number of H-pyrrole nitrogens is 1. The largest absolute Gasteiger partial charge is 0.497 e. The highest BCUT2D eigenvalue weighted by Crippen LogP contribution is 2.23. The summed E-state index contributed by atoms with van der Waals surface area (Å²) in [4.78, 5) is 19.8. The number of hydrogen-bond acceptors (Lipinski definition) is 6. The van der Waals surface area contributed by atoms with Crippen LogP contribution in [0.5, 0.6) is 11.5 Å². The maximum atomic E-state index is 12.3. The predicted molar refractivity (Wildman–Crippen MR) is 110 cm³/mol. The van der Waals surface area contributed by atoms with E-state index in [-0.39, 0.29) is 5.56 Å². The lowest BCUT2D eigenvalue weighted by Crippen LogP contribution is -2.19. The summed E-state index contributed by atoms with van der Waals surface area (Å²) in [7, 11) is 3.20. The average molecular weight is 396 g/mol. The maximum Gasteiger partial charge on any atom is 0.266 e. The van der Waals surface area contributed by atoms with Gasteiger partial charge in [-0.1, -0.05) is 12.1 Å². The SMILES string of the molecule is COc1cc(/C=c2\s/c(=C/c3nc4ccccc4s3)[nH]c2=O)cc(OC)c1. The molecule has 0 atom stereocenters. The van der Waals surface area contributed by atoms with Crippen LogP contribution in [0.3, 0.4) is 0 Å². The highest BCUT2D eigenvalue weighted by Gasteiger charge is 2.03. The summed E-state index contributed by atoms with van der Waals surface area (Å²) >= 11 is 2.99. The van der Waals surface area contributed by atoms with Crippen LogP contribution in [0, 0.1) is 0 Å². The molecule has 0 amide bonds. The fraction of sp³-hybridized carbons (Fsp3) is 0.100. The first kappa shape index (κ1) is 17.5. The van der Waals surface area contributed by atoms with Gasteiger partial charge in [0.05, 0.1) is 33.6 Å². The lowest BCUT2D eigenvalue weighted by Gasteiger charge is -2.05. The molecule has 0 bridgehead atoms. The number of fused-ring (bicyclic) bond motifs is 1. The zero-order valence-corrected chi connectivity index (χ0v) is 16.3. The number of hydrogen-bond donors (Lipinski definition) is 1. The molecule has 27 heavy (non-hydrogen) atoms. The van der Waals surface area contributed by atoms with Crippen LogP contribution >= 0.6 is 22.7 Å². The Morgan fingerprint density at radius 1 is 1.00 bits per heavy atom. The molecule has 0 fully saturated rings. The van der Waals surface area contributed by atoms with Gasteiger partial charge in [-0.25, -0.2) is 4.98 Å². The number of nitrogens with zero attached hydrogens (tertiary/aromatic N) is 1. The molecule has 2 aromatic carbocycles. The normalized spacial score (nSPS) is 12.7. The highest BCUT2D eigenvalue weighted by molar-refractivity contribution is 7.19. The van der Waals surface area contributed by atoms with Crippen LogP contribution in [-0.4, -0.2) is 24.2 Å². The Morgan fingerprint density at radius 3 is 2.44 bits per heavy atom. The van der Waals surface area contributed by atoms with Gasteiger partial charge in [-0.15, -0.1) is 22.7 Å². The first-order valence-electron chi connectivity index (χ1n) is 8.16. The van der Waals surface area contributed by atoms with E-state index in [1.54, 1.807) is 31.6 Å². The molecule has 0 aliphatic heterocycles. The van der Waals surface area contributed by atoms with E-state index in [0.717, 1.165) is 25.5 Å². The third-order valence-corrected chi connectivity index (χ3v) is 5.86. The minimum Gasteiger partial charge on any atom is -0.497 e. The van der Waals surface area contributed by atoms with E-state index >= 15 is 0 Å². The van der Waals surface area contributed by atoms with Crippen LogP contribution in [0.25, 0.3) is 22.4 Å². The number of para-hydroxylation sites is 1. The predicted octanol–water partition coefficient (Wildman–Crippen LogP) is 2.72. The van der Waals surface area contributed by atoms with Crippen molar-refractivity contribution in [3.8, 4) is 11.5 Å². The van der Waals surface area contributed by atoms with Crippen molar-refractivity contribution in [3.05, 3.63) is 72.6 Å². The van der Waals surface area contributed by atoms with Crippen molar-refractivity contribution in [2.24, 2.45) is 0 Å². The molecule has 0 saturated carbocycles. The lowest BCUT2D eigenvalue weighted by atomic mass is 10.2. The van der Waals surface area contributed by atoms with E-state index in [9.17, 15) is 4.79 Å². The molecular formula is C20H16N2O3S2. The molecule has 7 heteroatoms. The highest BCUT2D eigenvalue weighted by atomic mass is 32.1. The number of nitrogens with one attached hydrogen (secondary N) is 1. The monoisotopic (exact) mass is 396 g/mol. The number of aromatic nitrogens is 2. The molecule has 5 nitrogen and oxygen atoms in total. The van der Waals surface area contributed by atoms with Gasteiger partial charge in [0.25, 0.3) is 5.56 Å². The van der Waals surface area contributed by atoms with E-state index < -0.39 is 0 Å². The second kappa shape index (κ2) is 7.38. The summed E-state index contributed by atoms with van der Waals surface area (Å²) < 4.78 is 13.1. The Kier molecular flexibility index (Phi) is 4.79. The second-order valence-corrected chi connectivity index (χ2v) is 7.89. The Labute approximate surface area is 162 Å². The van der Waals surface area contributed by atoms with Gasteiger partial charge in [-0.3, -0.25) is 4.79 Å². The summed E-state index contributed by atoms with van der Waals surface area (Å²) in [5, 5.41) is 0.864. The number of aromatic amines is 1. The first-order valence-corrected chi connectivity index (χ1v) is 9.79. The van der Waals surface area contributed by atoms with E-state index in [1.807, 2.05) is 48.6 Å². The van der Waals surface area contributed by atoms with Crippen LogP contribution in [0.4, 0.5) is 0 Å². The minimum atomic E-state index is -0.130. The molecule has 0 aliphatic carbocycles. The van der Waals surface area contributed by atoms with E-state index in [0.29, 0.717) is 16.0 Å². The number of thiazole rings is 2. The van der Waals surface area contributed by atoms with Crippen molar-refractivity contribution in [2.75, 3.05) is 14.2 Å². The van der Waals surface area contributed by atoms with Gasteiger partial charge < -0.3 is 14.5 Å². The van der Waals surface area contributed by atoms with Crippen LogP contribution in [-0.2, 0) is 0 Å². The van der Waals surface area contributed by atoms with Crippen molar-refractivity contribution < 1.29 is 9.47 Å². The summed E-state index contributed by atoms with van der Waals surface area (Å²) in [5.41, 5.74) is 1.67. The van der Waals surface area contributed by atoms with E-state index in [4.69, 9.17) is 9.47 Å². The van der Waals surface area contributed by atoms with Crippen LogP contribution in [0.2, 0.25) is 0 Å². The third-order valence-electron chi connectivity index (χ3n) is 3.92. The van der Waals surface area contributed by atoms with Gasteiger partial charge >= 0.3 is 0 Å². The van der Waals surface area contributed by atoms with Gasteiger partial charge in [0.2, 0.25) is 0 Å². The zero-order chi connectivity index (χ0) is 18.8. The Morgan fingerprint density at radius 2 is 1.74 bits per heavy atom. The number of methoxy groups -OCH3 is 2. The number of ether oxygens (including phenoxy) is 2. The van der Waals surface area contributed by atoms with Crippen molar-refractivity contribution in [1.29, 1.82) is 0 Å². The molecule has 0 radical (unpaired) electrons. The molecule has 4 aromatic rings. The molecule has 2 aromatic heterocycles. The van der Waals surface area contributed by atoms with E-state index in [2.05, 4.69) is 9.97 Å². The summed E-state index contributed by atoms with van der Waals surface area (Å²) in [6.07, 6.45) is 3.73. The van der Waals surface area contributed by atoms with Crippen LogP contribution in [0.1, 0.15) is 10.6 Å². The summed E-state index contributed by atoms with van der Waals surface area (Å²) in [6, 6.07) is 13.5. The fourth-order valence-corrected chi connectivity index (χ4v) is 4.53. The molecule has 1 N–H and O–H groups in total. The van der Waals surface area contributed by atoms with Crippen molar-refractivity contribution >= 4 is 45.0 Å². The zero-order valence-electron chi connectivity index (χ0n) is 14.7. The number of rotatable bonds is 4. The van der Waals surface area contributed by atoms with E-state index in [1.165, 1.54) is 11.3 Å². The third kappa shape index (κ3) is 3.79. The van der Waals surface area contributed by atoms with Gasteiger partial charge in [0.15, 0.2) is 0 Å². The molecule has 0 saturated heterocycles. The molecule has 136 valence electrons. The smallest absolute Gasteiger partial charge is 0.266 e. The topological polar surface area (TPSA) is 64.2 Å². The standard InChI is InChI=1S/C20H16N2O3S2/c1-24-13-7-12(8-14(10-13)25-2)9-17-20(23)22-19(27-17)11-18-21-15-5-3-4-6-16(15)26-18/h3-11H,1-2H3,(H,22,23)/b17-9-,19-11+. The van der Waals surface area contributed by atoms with Gasteiger partial charge in [0.1, 0.15) is 16.5 Å². The Balaban J connectivity index is 1.77. The molecule has 2 heterocycles.